The minimum absolute atomic E-state index is 0.109. The molecule has 1 aliphatic heterocycles. The van der Waals surface area contributed by atoms with Crippen molar-refractivity contribution >= 4 is 45.7 Å². The third-order valence-corrected chi connectivity index (χ3v) is 5.23. The van der Waals surface area contributed by atoms with Crippen LogP contribution in [-0.2, 0) is 9.59 Å². The van der Waals surface area contributed by atoms with Gasteiger partial charge >= 0.3 is 5.97 Å². The summed E-state index contributed by atoms with van der Waals surface area (Å²) in [6, 6.07) is 6.06. The van der Waals surface area contributed by atoms with Crippen LogP contribution in [-0.4, -0.2) is 32.7 Å². The molecule has 0 unspecified atom stereocenters. The van der Waals surface area contributed by atoms with Crippen LogP contribution in [0.5, 0.6) is 0 Å². The fourth-order valence-corrected chi connectivity index (χ4v) is 3.49. The van der Waals surface area contributed by atoms with E-state index < -0.39 is 5.97 Å². The molecule has 1 heterocycles. The Kier molecular flexibility index (Phi) is 5.03. The van der Waals surface area contributed by atoms with Crippen LogP contribution in [0.2, 0.25) is 0 Å². The highest BCUT2D eigenvalue weighted by molar-refractivity contribution is 8.26. The number of benzene rings is 1. The van der Waals surface area contributed by atoms with E-state index in [1.54, 1.807) is 0 Å². The maximum Gasteiger partial charge on any atom is 0.305 e. The predicted molar refractivity (Wildman–Crippen MR) is 92.7 cm³/mol. The molecule has 0 bridgehead atoms. The van der Waals surface area contributed by atoms with Gasteiger partial charge in [0, 0.05) is 6.54 Å². The summed E-state index contributed by atoms with van der Waals surface area (Å²) in [5.74, 6) is -1.14. The van der Waals surface area contributed by atoms with E-state index in [2.05, 4.69) is 6.07 Å². The molecule has 1 aromatic carbocycles. The molecule has 1 aliphatic rings. The molecule has 2 rings (SSSR count). The van der Waals surface area contributed by atoms with Crippen LogP contribution in [0.4, 0.5) is 0 Å². The first-order valence-electron chi connectivity index (χ1n) is 6.85. The summed E-state index contributed by atoms with van der Waals surface area (Å²) in [4.78, 5) is 25.1. The first kappa shape index (κ1) is 16.7. The minimum atomic E-state index is -0.941. The van der Waals surface area contributed by atoms with E-state index in [0.29, 0.717) is 9.23 Å². The van der Waals surface area contributed by atoms with Crippen LogP contribution in [0.3, 0.4) is 0 Å². The zero-order valence-corrected chi connectivity index (χ0v) is 14.3. The molecule has 0 atom stereocenters. The smallest absolute Gasteiger partial charge is 0.305 e. The highest BCUT2D eigenvalue weighted by atomic mass is 32.2. The first-order valence-corrected chi connectivity index (χ1v) is 8.07. The topological polar surface area (TPSA) is 57.6 Å². The highest BCUT2D eigenvalue weighted by Crippen LogP contribution is 2.36. The van der Waals surface area contributed by atoms with E-state index in [9.17, 15) is 9.59 Å². The van der Waals surface area contributed by atoms with Gasteiger partial charge in [0.25, 0.3) is 5.91 Å². The van der Waals surface area contributed by atoms with Crippen molar-refractivity contribution in [3.8, 4) is 0 Å². The van der Waals surface area contributed by atoms with Crippen LogP contribution < -0.4 is 0 Å². The van der Waals surface area contributed by atoms with E-state index >= 15 is 0 Å². The molecule has 22 heavy (non-hydrogen) atoms. The fourth-order valence-electron chi connectivity index (χ4n) is 2.13. The van der Waals surface area contributed by atoms with Crippen molar-refractivity contribution < 1.29 is 14.7 Å². The third kappa shape index (κ3) is 3.39. The standard InChI is InChI=1S/C16H17NO3S2/c1-9-4-5-12(8-10(9)2)11(3)14-15(20)17(16(21)22-14)7-6-13(18)19/h4-5,8H,6-7H2,1-3H3,(H,18,19)/b14-11-. The molecule has 1 fully saturated rings. The number of carboxylic acid groups (broad SMARTS) is 1. The largest absolute Gasteiger partial charge is 0.481 e. The molecule has 1 amide bonds. The second-order valence-electron chi connectivity index (χ2n) is 5.22. The normalized spacial score (nSPS) is 17.1. The number of carbonyl (C=O) groups is 2. The Balaban J connectivity index is 2.31. The van der Waals surface area contributed by atoms with Gasteiger partial charge in [-0.05, 0) is 43.0 Å². The zero-order valence-electron chi connectivity index (χ0n) is 12.7. The number of nitrogens with zero attached hydrogens (tertiary/aromatic N) is 1. The average molecular weight is 335 g/mol. The van der Waals surface area contributed by atoms with Gasteiger partial charge in [-0.3, -0.25) is 14.5 Å². The van der Waals surface area contributed by atoms with Gasteiger partial charge in [0.15, 0.2) is 0 Å². The lowest BCUT2D eigenvalue weighted by Gasteiger charge is -2.12. The molecule has 0 aliphatic carbocycles. The van der Waals surface area contributed by atoms with Crippen molar-refractivity contribution in [3.05, 3.63) is 39.8 Å². The molecular weight excluding hydrogens is 318 g/mol. The quantitative estimate of drug-likeness (QED) is 0.675. The average Bonchev–Trinajstić information content (AvgIpc) is 2.74. The van der Waals surface area contributed by atoms with E-state index in [-0.39, 0.29) is 18.9 Å². The van der Waals surface area contributed by atoms with Gasteiger partial charge in [-0.1, -0.05) is 42.2 Å². The lowest BCUT2D eigenvalue weighted by molar-refractivity contribution is -0.137. The summed E-state index contributed by atoms with van der Waals surface area (Å²) in [5.41, 5.74) is 4.23. The summed E-state index contributed by atoms with van der Waals surface area (Å²) >= 11 is 6.44. The van der Waals surface area contributed by atoms with Gasteiger partial charge in [0.05, 0.1) is 11.3 Å². The van der Waals surface area contributed by atoms with Crippen molar-refractivity contribution in [2.75, 3.05) is 6.54 Å². The van der Waals surface area contributed by atoms with Gasteiger partial charge in [-0.2, -0.15) is 0 Å². The number of hydrogen-bond acceptors (Lipinski definition) is 4. The Morgan fingerprint density at radius 2 is 2.00 bits per heavy atom. The molecule has 1 N–H and O–H groups in total. The predicted octanol–water partition coefficient (Wildman–Crippen LogP) is 3.37. The van der Waals surface area contributed by atoms with Crippen molar-refractivity contribution in [3.63, 3.8) is 0 Å². The van der Waals surface area contributed by atoms with Crippen molar-refractivity contribution in [2.24, 2.45) is 0 Å². The summed E-state index contributed by atoms with van der Waals surface area (Å²) in [7, 11) is 0. The number of amides is 1. The summed E-state index contributed by atoms with van der Waals surface area (Å²) < 4.78 is 0.421. The minimum Gasteiger partial charge on any atom is -0.481 e. The number of aryl methyl sites for hydroxylation is 2. The molecule has 0 spiro atoms. The van der Waals surface area contributed by atoms with Crippen LogP contribution >= 0.6 is 24.0 Å². The number of thiocarbonyl (C=S) groups is 1. The molecule has 4 nitrogen and oxygen atoms in total. The van der Waals surface area contributed by atoms with E-state index in [1.807, 2.05) is 32.9 Å². The fraction of sp³-hybridized carbons (Fsp3) is 0.312. The Morgan fingerprint density at radius 3 is 2.59 bits per heavy atom. The molecule has 6 heteroatoms. The number of hydrogen-bond donors (Lipinski definition) is 1. The maximum absolute atomic E-state index is 12.5. The van der Waals surface area contributed by atoms with Crippen LogP contribution in [0.1, 0.15) is 30.0 Å². The van der Waals surface area contributed by atoms with Gasteiger partial charge < -0.3 is 5.11 Å². The number of thioether (sulfide) groups is 1. The molecule has 1 saturated heterocycles. The second kappa shape index (κ2) is 6.62. The zero-order chi connectivity index (χ0) is 16.4. The Labute approximate surface area is 139 Å². The summed E-state index contributed by atoms with van der Waals surface area (Å²) in [5, 5.41) is 8.76. The van der Waals surface area contributed by atoms with E-state index in [4.69, 9.17) is 17.3 Å². The van der Waals surface area contributed by atoms with Crippen molar-refractivity contribution in [2.45, 2.75) is 27.2 Å². The number of rotatable bonds is 4. The maximum atomic E-state index is 12.5. The van der Waals surface area contributed by atoms with E-state index in [0.717, 1.165) is 11.1 Å². The van der Waals surface area contributed by atoms with E-state index in [1.165, 1.54) is 27.8 Å². The van der Waals surface area contributed by atoms with Gasteiger partial charge in [0.2, 0.25) is 0 Å². The van der Waals surface area contributed by atoms with Gasteiger partial charge in [0.1, 0.15) is 4.32 Å². The number of aliphatic carboxylic acids is 1. The summed E-state index contributed by atoms with van der Waals surface area (Å²) in [6.07, 6.45) is -0.109. The lowest BCUT2D eigenvalue weighted by atomic mass is 10.0. The molecule has 0 saturated carbocycles. The van der Waals surface area contributed by atoms with Crippen molar-refractivity contribution in [1.82, 2.24) is 4.90 Å². The molecule has 116 valence electrons. The Morgan fingerprint density at radius 1 is 1.32 bits per heavy atom. The SMILES string of the molecule is C/C(=C1/SC(=S)N(CCC(=O)O)C1=O)c1ccc(C)c(C)c1. The summed E-state index contributed by atoms with van der Waals surface area (Å²) in [6.45, 7) is 6.08. The second-order valence-corrected chi connectivity index (χ2v) is 6.87. The van der Waals surface area contributed by atoms with Crippen LogP contribution in [0, 0.1) is 13.8 Å². The number of carboxylic acids is 1. The Bertz CT molecular complexity index is 695. The third-order valence-electron chi connectivity index (χ3n) is 3.68. The lowest BCUT2D eigenvalue weighted by Crippen LogP contribution is -2.30. The molecule has 0 aromatic heterocycles. The number of carbonyl (C=O) groups excluding carboxylic acids is 1. The molecular formula is C16H17NO3S2. The first-order chi connectivity index (χ1) is 10.3. The van der Waals surface area contributed by atoms with Crippen LogP contribution in [0.25, 0.3) is 5.57 Å². The van der Waals surface area contributed by atoms with Crippen molar-refractivity contribution in [1.29, 1.82) is 0 Å². The molecule has 0 radical (unpaired) electrons. The monoisotopic (exact) mass is 335 g/mol. The highest BCUT2D eigenvalue weighted by Gasteiger charge is 2.33. The molecule has 1 aromatic rings. The Hall–Kier alpha value is -1.66. The van der Waals surface area contributed by atoms with Gasteiger partial charge in [-0.25, -0.2) is 0 Å². The van der Waals surface area contributed by atoms with Crippen LogP contribution in [0.15, 0.2) is 23.1 Å². The number of allylic oxidation sites excluding steroid dienone is 1. The van der Waals surface area contributed by atoms with Gasteiger partial charge in [-0.15, -0.1) is 0 Å².